The van der Waals surface area contributed by atoms with Gasteiger partial charge in [-0.15, -0.1) is 0 Å². The zero-order chi connectivity index (χ0) is 35.1. The van der Waals surface area contributed by atoms with Crippen molar-refractivity contribution in [3.05, 3.63) is 130 Å². The van der Waals surface area contributed by atoms with Crippen molar-refractivity contribution in [3.8, 4) is 16.9 Å². The molecule has 11 heteroatoms. The van der Waals surface area contributed by atoms with Crippen molar-refractivity contribution < 1.29 is 49.3 Å². The predicted molar refractivity (Wildman–Crippen MR) is 169 cm³/mol. The Morgan fingerprint density at radius 1 is 0.755 bits per heavy atom. The summed E-state index contributed by atoms with van der Waals surface area (Å²) in [5.41, 5.74) is 0.862. The number of hydrogen-bond acceptors (Lipinski definition) is 3. The number of unbranched alkanes of at least 4 members (excludes halogenated alkanes) is 2. The Balaban J connectivity index is 1.15. The highest BCUT2D eigenvalue weighted by molar-refractivity contribution is 5.64. The van der Waals surface area contributed by atoms with Crippen LogP contribution in [0.25, 0.3) is 17.2 Å². The SMILES string of the molecule is CCCCCC1COC(c2ccc(-c3ccc(CC/C=C/c4cc(F)c(C(F)(F)Oc5cc(F)c(F)c(F)c5)c(F)c4)c(F)c3)cc2)OC1. The molecule has 1 fully saturated rings. The maximum atomic E-state index is 15.0. The Morgan fingerprint density at radius 3 is 2.00 bits per heavy atom. The third-order valence-electron chi connectivity index (χ3n) is 8.20. The highest BCUT2D eigenvalue weighted by atomic mass is 19.3. The van der Waals surface area contributed by atoms with Crippen LogP contribution in [0.4, 0.5) is 35.1 Å². The Hall–Kier alpha value is -4.22. The third kappa shape index (κ3) is 9.07. The van der Waals surface area contributed by atoms with Crippen molar-refractivity contribution >= 4 is 6.08 Å². The summed E-state index contributed by atoms with van der Waals surface area (Å²) in [6, 6.07) is 13.9. The molecular weight excluding hydrogens is 656 g/mol. The average molecular weight is 691 g/mol. The first-order chi connectivity index (χ1) is 23.4. The molecule has 3 nitrogen and oxygen atoms in total. The van der Waals surface area contributed by atoms with E-state index in [-0.39, 0.29) is 30.5 Å². The van der Waals surface area contributed by atoms with Crippen molar-refractivity contribution in [2.75, 3.05) is 13.2 Å². The second-order valence-corrected chi connectivity index (χ2v) is 11.9. The molecule has 1 saturated heterocycles. The van der Waals surface area contributed by atoms with Crippen molar-refractivity contribution in [2.45, 2.75) is 57.8 Å². The smallest absolute Gasteiger partial charge is 0.429 e. The fraction of sp³-hybridized carbons (Fsp3) is 0.316. The quantitative estimate of drug-likeness (QED) is 0.0794. The van der Waals surface area contributed by atoms with E-state index in [0.29, 0.717) is 42.4 Å². The van der Waals surface area contributed by atoms with Crippen LogP contribution in [0.5, 0.6) is 5.75 Å². The van der Waals surface area contributed by atoms with Gasteiger partial charge in [-0.25, -0.2) is 26.3 Å². The van der Waals surface area contributed by atoms with E-state index < -0.39 is 58.6 Å². The number of benzene rings is 4. The van der Waals surface area contributed by atoms with E-state index >= 15 is 0 Å². The Labute approximate surface area is 279 Å². The van der Waals surface area contributed by atoms with Crippen LogP contribution in [-0.2, 0) is 22.0 Å². The molecule has 1 aliphatic rings. The van der Waals surface area contributed by atoms with Gasteiger partial charge >= 0.3 is 6.11 Å². The first-order valence-corrected chi connectivity index (χ1v) is 15.9. The number of alkyl halides is 2. The van der Waals surface area contributed by atoms with Crippen LogP contribution in [0.1, 0.15) is 67.6 Å². The van der Waals surface area contributed by atoms with Crippen LogP contribution in [0.15, 0.2) is 72.8 Å². The molecule has 49 heavy (non-hydrogen) atoms. The van der Waals surface area contributed by atoms with E-state index in [1.54, 1.807) is 12.1 Å². The van der Waals surface area contributed by atoms with Gasteiger partial charge in [-0.2, -0.15) is 8.78 Å². The molecule has 4 aromatic rings. The van der Waals surface area contributed by atoms with E-state index in [4.69, 9.17) is 9.47 Å². The number of rotatable bonds is 13. The second kappa shape index (κ2) is 16.0. The minimum Gasteiger partial charge on any atom is -0.429 e. The summed E-state index contributed by atoms with van der Waals surface area (Å²) in [4.78, 5) is 0. The molecule has 0 amide bonds. The van der Waals surface area contributed by atoms with Gasteiger partial charge in [-0.3, -0.25) is 0 Å². The van der Waals surface area contributed by atoms with Crippen molar-refractivity contribution in [2.24, 2.45) is 5.92 Å². The Bertz CT molecular complexity index is 1720. The number of hydrogen-bond donors (Lipinski definition) is 0. The minimum atomic E-state index is -4.69. The standard InChI is InChI=1S/C38H34F8O3/c1-2-3-4-8-24-21-47-37(48-22-24)27-13-10-25(11-14-27)28-15-12-26(30(39)18-28)9-6-5-7-23-16-31(40)35(32(41)17-23)38(45,46)49-29-19-33(42)36(44)34(43)20-29/h5,7,10-20,24,37H,2-4,6,8-9,21-22H2,1H3/b7-5+. The van der Waals surface area contributed by atoms with Gasteiger partial charge in [0.15, 0.2) is 23.7 Å². The molecule has 4 aromatic carbocycles. The highest BCUT2D eigenvalue weighted by Gasteiger charge is 2.41. The summed E-state index contributed by atoms with van der Waals surface area (Å²) in [5, 5.41) is 0. The molecule has 0 spiro atoms. The molecule has 0 saturated carbocycles. The number of halogens is 8. The minimum absolute atomic E-state index is 0.108. The molecule has 0 bridgehead atoms. The van der Waals surface area contributed by atoms with E-state index in [1.165, 1.54) is 37.5 Å². The van der Waals surface area contributed by atoms with E-state index in [9.17, 15) is 35.1 Å². The van der Waals surface area contributed by atoms with Crippen molar-refractivity contribution in [1.82, 2.24) is 0 Å². The molecule has 0 radical (unpaired) electrons. The predicted octanol–water partition coefficient (Wildman–Crippen LogP) is 11.2. The molecule has 5 rings (SSSR count). The largest absolute Gasteiger partial charge is 0.432 e. The molecule has 0 aromatic heterocycles. The number of ether oxygens (including phenoxy) is 3. The molecule has 0 atom stereocenters. The third-order valence-corrected chi connectivity index (χ3v) is 8.20. The average Bonchev–Trinajstić information content (AvgIpc) is 3.06. The van der Waals surface area contributed by atoms with Gasteiger partial charge in [-0.1, -0.05) is 74.7 Å². The maximum Gasteiger partial charge on any atom is 0.432 e. The normalized spacial score (nSPS) is 16.8. The fourth-order valence-corrected chi connectivity index (χ4v) is 5.56. The molecule has 0 aliphatic carbocycles. The topological polar surface area (TPSA) is 27.7 Å². The maximum absolute atomic E-state index is 15.0. The molecule has 260 valence electrons. The lowest BCUT2D eigenvalue weighted by atomic mass is 9.99. The summed E-state index contributed by atoms with van der Waals surface area (Å²) in [6.45, 7) is 3.48. The second-order valence-electron chi connectivity index (χ2n) is 11.9. The van der Waals surface area contributed by atoms with Crippen LogP contribution in [0, 0.1) is 40.8 Å². The van der Waals surface area contributed by atoms with Crippen LogP contribution < -0.4 is 4.74 Å². The molecule has 0 N–H and O–H groups in total. The first-order valence-electron chi connectivity index (χ1n) is 15.9. The molecular formula is C38H34F8O3. The number of allylic oxidation sites excluding steroid dienone is 1. The van der Waals surface area contributed by atoms with Crippen LogP contribution >= 0.6 is 0 Å². The first kappa shape index (κ1) is 36.1. The zero-order valence-corrected chi connectivity index (χ0v) is 26.6. The zero-order valence-electron chi connectivity index (χ0n) is 26.6. The van der Waals surface area contributed by atoms with E-state index in [2.05, 4.69) is 11.7 Å². The Morgan fingerprint density at radius 2 is 1.39 bits per heavy atom. The van der Waals surface area contributed by atoms with Crippen LogP contribution in [0.2, 0.25) is 0 Å². The van der Waals surface area contributed by atoms with Gasteiger partial charge in [0.05, 0.1) is 13.2 Å². The van der Waals surface area contributed by atoms with E-state index in [1.807, 2.05) is 24.3 Å². The van der Waals surface area contributed by atoms with Crippen molar-refractivity contribution in [1.29, 1.82) is 0 Å². The summed E-state index contributed by atoms with van der Waals surface area (Å²) < 4.78 is 129. The van der Waals surface area contributed by atoms with Gasteiger partial charge in [0.2, 0.25) is 0 Å². The summed E-state index contributed by atoms with van der Waals surface area (Å²) >= 11 is 0. The monoisotopic (exact) mass is 690 g/mol. The van der Waals surface area contributed by atoms with Gasteiger partial charge in [0, 0.05) is 23.6 Å². The lowest BCUT2D eigenvalue weighted by molar-refractivity contribution is -0.206. The Kier molecular flexibility index (Phi) is 11.8. The van der Waals surface area contributed by atoms with E-state index in [0.717, 1.165) is 17.5 Å². The molecule has 0 unspecified atom stereocenters. The van der Waals surface area contributed by atoms with Gasteiger partial charge < -0.3 is 14.2 Å². The van der Waals surface area contributed by atoms with Crippen LogP contribution in [-0.4, -0.2) is 13.2 Å². The lowest BCUT2D eigenvalue weighted by Crippen LogP contribution is -2.27. The van der Waals surface area contributed by atoms with Gasteiger partial charge in [0.25, 0.3) is 0 Å². The van der Waals surface area contributed by atoms with Gasteiger partial charge in [0.1, 0.15) is 28.8 Å². The summed E-state index contributed by atoms with van der Waals surface area (Å²) in [7, 11) is 0. The summed E-state index contributed by atoms with van der Waals surface area (Å²) in [6.07, 6.45) is 2.80. The van der Waals surface area contributed by atoms with Crippen LogP contribution in [0.3, 0.4) is 0 Å². The molecule has 1 aliphatic heterocycles. The summed E-state index contributed by atoms with van der Waals surface area (Å²) in [5.74, 6) is -10.1. The fourth-order valence-electron chi connectivity index (χ4n) is 5.56. The van der Waals surface area contributed by atoms with Gasteiger partial charge in [-0.05, 0) is 59.7 Å². The highest BCUT2D eigenvalue weighted by Crippen LogP contribution is 2.37. The lowest BCUT2D eigenvalue weighted by Gasteiger charge is -2.29. The molecule has 1 heterocycles. The number of aryl methyl sites for hydroxylation is 1. The van der Waals surface area contributed by atoms with Crippen molar-refractivity contribution in [3.63, 3.8) is 0 Å².